The van der Waals surface area contributed by atoms with Crippen LogP contribution in [0.5, 0.6) is 0 Å². The predicted octanol–water partition coefficient (Wildman–Crippen LogP) is 2.06. The molecule has 2 heteroatoms. The molecule has 0 heterocycles. The smallest absolute Gasteiger partial charge is 0.134 e. The molecule has 1 aromatic rings. The molecule has 0 amide bonds. The van der Waals surface area contributed by atoms with E-state index in [-0.39, 0.29) is 11.7 Å². The largest absolute Gasteiger partial charge is 0.300 e. The first-order valence-electron chi connectivity index (χ1n) is 4.68. The van der Waals surface area contributed by atoms with E-state index in [4.69, 9.17) is 5.26 Å². The molecule has 1 saturated carbocycles. The minimum Gasteiger partial charge on any atom is -0.300 e. The SMILES string of the molecule is CC(=O)[C@@H]1C[C@]1(C#N)c1ccccc1. The summed E-state index contributed by atoms with van der Waals surface area (Å²) >= 11 is 0. The zero-order valence-electron chi connectivity index (χ0n) is 8.03. The molecule has 14 heavy (non-hydrogen) atoms. The Hall–Kier alpha value is -1.62. The van der Waals surface area contributed by atoms with Gasteiger partial charge < -0.3 is 0 Å². The van der Waals surface area contributed by atoms with Gasteiger partial charge in [0, 0.05) is 5.92 Å². The lowest BCUT2D eigenvalue weighted by molar-refractivity contribution is -0.118. The van der Waals surface area contributed by atoms with Crippen molar-refractivity contribution in [2.24, 2.45) is 5.92 Å². The minimum absolute atomic E-state index is 0.0881. The molecule has 2 nitrogen and oxygen atoms in total. The number of nitrogens with zero attached hydrogens (tertiary/aromatic N) is 1. The van der Waals surface area contributed by atoms with E-state index in [1.807, 2.05) is 30.3 Å². The standard InChI is InChI=1S/C12H11NO/c1-9(14)11-7-12(11,8-13)10-5-3-2-4-6-10/h2-6,11H,7H2,1H3/t11-,12-/m0/s1. The topological polar surface area (TPSA) is 40.9 Å². The Morgan fingerprint density at radius 3 is 2.57 bits per heavy atom. The van der Waals surface area contributed by atoms with Gasteiger partial charge in [-0.15, -0.1) is 0 Å². The average molecular weight is 185 g/mol. The number of benzene rings is 1. The Labute approximate surface area is 83.2 Å². The van der Waals surface area contributed by atoms with Gasteiger partial charge in [-0.25, -0.2) is 0 Å². The molecule has 1 aliphatic carbocycles. The molecular weight excluding hydrogens is 174 g/mol. The summed E-state index contributed by atoms with van der Waals surface area (Å²) in [4.78, 5) is 11.2. The Kier molecular flexibility index (Phi) is 1.89. The second kappa shape index (κ2) is 2.95. The fraction of sp³-hybridized carbons (Fsp3) is 0.333. The molecule has 1 fully saturated rings. The minimum atomic E-state index is -0.521. The van der Waals surface area contributed by atoms with Gasteiger partial charge in [0.25, 0.3) is 0 Å². The van der Waals surface area contributed by atoms with Crippen molar-refractivity contribution < 1.29 is 4.79 Å². The fourth-order valence-corrected chi connectivity index (χ4v) is 2.00. The van der Waals surface area contributed by atoms with E-state index in [0.29, 0.717) is 6.42 Å². The van der Waals surface area contributed by atoms with Gasteiger partial charge in [0.15, 0.2) is 0 Å². The number of carbonyl (C=O) groups is 1. The maximum absolute atomic E-state index is 11.2. The van der Waals surface area contributed by atoms with E-state index in [1.54, 1.807) is 6.92 Å². The van der Waals surface area contributed by atoms with Crippen molar-refractivity contribution >= 4 is 5.78 Å². The first-order valence-corrected chi connectivity index (χ1v) is 4.68. The van der Waals surface area contributed by atoms with Crippen LogP contribution in [0.15, 0.2) is 30.3 Å². The third-order valence-electron chi connectivity index (χ3n) is 2.94. The first kappa shape index (κ1) is 8.96. The first-order chi connectivity index (χ1) is 6.70. The van der Waals surface area contributed by atoms with Crippen molar-refractivity contribution in [2.45, 2.75) is 18.8 Å². The summed E-state index contributed by atoms with van der Waals surface area (Å²) in [6.07, 6.45) is 0.683. The predicted molar refractivity (Wildman–Crippen MR) is 52.5 cm³/mol. The van der Waals surface area contributed by atoms with Crippen molar-refractivity contribution in [1.82, 2.24) is 0 Å². The summed E-state index contributed by atoms with van der Waals surface area (Å²) in [6, 6.07) is 11.9. The second-order valence-electron chi connectivity index (χ2n) is 3.82. The van der Waals surface area contributed by atoms with Crippen LogP contribution in [-0.2, 0) is 10.2 Å². The van der Waals surface area contributed by atoms with Crippen LogP contribution in [0.3, 0.4) is 0 Å². The second-order valence-corrected chi connectivity index (χ2v) is 3.82. The van der Waals surface area contributed by atoms with E-state index in [0.717, 1.165) is 5.56 Å². The summed E-state index contributed by atoms with van der Waals surface area (Å²) in [5.41, 5.74) is 0.454. The molecule has 2 atom stereocenters. The quantitative estimate of drug-likeness (QED) is 0.707. The van der Waals surface area contributed by atoms with Crippen LogP contribution in [-0.4, -0.2) is 5.78 Å². The summed E-state index contributed by atoms with van der Waals surface area (Å²) in [5, 5.41) is 9.13. The maximum Gasteiger partial charge on any atom is 0.134 e. The van der Waals surface area contributed by atoms with Crippen LogP contribution < -0.4 is 0 Å². The van der Waals surface area contributed by atoms with Crippen molar-refractivity contribution in [3.8, 4) is 6.07 Å². The van der Waals surface area contributed by atoms with Gasteiger partial charge in [0.2, 0.25) is 0 Å². The zero-order chi connectivity index (χ0) is 10.2. The van der Waals surface area contributed by atoms with E-state index in [2.05, 4.69) is 6.07 Å². The van der Waals surface area contributed by atoms with Gasteiger partial charge in [0.1, 0.15) is 5.78 Å². The molecular formula is C12H11NO. The van der Waals surface area contributed by atoms with E-state index in [1.165, 1.54) is 0 Å². The number of Topliss-reactive ketones (excluding diaryl/α,β-unsaturated/α-hetero) is 1. The van der Waals surface area contributed by atoms with Gasteiger partial charge in [-0.05, 0) is 18.9 Å². The lowest BCUT2D eigenvalue weighted by Crippen LogP contribution is -2.11. The zero-order valence-corrected chi connectivity index (χ0v) is 8.03. The molecule has 1 aromatic carbocycles. The fourth-order valence-electron chi connectivity index (χ4n) is 2.00. The molecule has 0 radical (unpaired) electrons. The number of hydrogen-bond donors (Lipinski definition) is 0. The van der Waals surface area contributed by atoms with Gasteiger partial charge in [-0.3, -0.25) is 4.79 Å². The molecule has 0 unspecified atom stereocenters. The van der Waals surface area contributed by atoms with Crippen molar-refractivity contribution in [2.75, 3.05) is 0 Å². The summed E-state index contributed by atoms with van der Waals surface area (Å²) in [5.74, 6) is 0.0327. The molecule has 0 aliphatic heterocycles. The molecule has 2 rings (SSSR count). The summed E-state index contributed by atoms with van der Waals surface area (Å²) < 4.78 is 0. The van der Waals surface area contributed by atoms with Crippen LogP contribution in [0.2, 0.25) is 0 Å². The third kappa shape index (κ3) is 1.13. The van der Waals surface area contributed by atoms with E-state index < -0.39 is 5.41 Å². The number of nitriles is 1. The van der Waals surface area contributed by atoms with Crippen molar-refractivity contribution in [3.63, 3.8) is 0 Å². The summed E-state index contributed by atoms with van der Waals surface area (Å²) in [6.45, 7) is 1.56. The van der Waals surface area contributed by atoms with Crippen molar-refractivity contribution in [3.05, 3.63) is 35.9 Å². The van der Waals surface area contributed by atoms with Crippen LogP contribution in [0.1, 0.15) is 18.9 Å². The monoisotopic (exact) mass is 185 g/mol. The molecule has 1 aliphatic rings. The highest BCUT2D eigenvalue weighted by Gasteiger charge is 2.58. The highest BCUT2D eigenvalue weighted by atomic mass is 16.1. The Bertz CT molecular complexity index is 404. The van der Waals surface area contributed by atoms with Gasteiger partial charge in [0.05, 0.1) is 11.5 Å². The third-order valence-corrected chi connectivity index (χ3v) is 2.94. The molecule has 0 saturated heterocycles. The Morgan fingerprint density at radius 1 is 1.50 bits per heavy atom. The normalized spacial score (nSPS) is 29.3. The van der Waals surface area contributed by atoms with Crippen LogP contribution in [0.4, 0.5) is 0 Å². The molecule has 70 valence electrons. The van der Waals surface area contributed by atoms with Gasteiger partial charge in [-0.1, -0.05) is 30.3 Å². The molecule has 0 N–H and O–H groups in total. The highest BCUT2D eigenvalue weighted by molar-refractivity contribution is 5.85. The van der Waals surface area contributed by atoms with Crippen LogP contribution >= 0.6 is 0 Å². The van der Waals surface area contributed by atoms with Crippen molar-refractivity contribution in [1.29, 1.82) is 5.26 Å². The number of hydrogen-bond acceptors (Lipinski definition) is 2. The number of rotatable bonds is 2. The Morgan fingerprint density at radius 2 is 2.14 bits per heavy atom. The van der Waals surface area contributed by atoms with E-state index >= 15 is 0 Å². The Balaban J connectivity index is 2.36. The van der Waals surface area contributed by atoms with Gasteiger partial charge >= 0.3 is 0 Å². The molecule has 0 spiro atoms. The molecule has 0 aromatic heterocycles. The summed E-state index contributed by atoms with van der Waals surface area (Å²) in [7, 11) is 0. The lowest BCUT2D eigenvalue weighted by Gasteiger charge is -2.06. The lowest BCUT2D eigenvalue weighted by atomic mass is 9.94. The average Bonchev–Trinajstić information content (AvgIpc) is 2.95. The number of ketones is 1. The maximum atomic E-state index is 11.2. The highest BCUT2D eigenvalue weighted by Crippen LogP contribution is 2.54. The van der Waals surface area contributed by atoms with Crippen LogP contribution in [0, 0.1) is 17.2 Å². The van der Waals surface area contributed by atoms with Crippen LogP contribution in [0.25, 0.3) is 0 Å². The van der Waals surface area contributed by atoms with E-state index in [9.17, 15) is 4.79 Å². The molecule has 0 bridgehead atoms. The van der Waals surface area contributed by atoms with Gasteiger partial charge in [-0.2, -0.15) is 5.26 Å². The number of carbonyl (C=O) groups excluding carboxylic acids is 1.